The molecule has 612 valence electrons. The van der Waals surface area contributed by atoms with Gasteiger partial charge in [-0.05, 0) is 6.92 Å². The van der Waals surface area contributed by atoms with Gasteiger partial charge in [0.05, 0.1) is 64.5 Å². The molecule has 8 fully saturated rings. The van der Waals surface area contributed by atoms with Crippen LogP contribution >= 0.6 is 0 Å². The molecule has 0 aromatic carbocycles. The minimum Gasteiger partial charge on any atom is -0.477 e. The van der Waals surface area contributed by atoms with E-state index in [1.54, 1.807) is 0 Å². The lowest BCUT2D eigenvalue weighted by atomic mass is 9.88. The molecular weight excluding hydrogens is 1450 g/mol. The largest absolute Gasteiger partial charge is 0.477 e. The lowest BCUT2D eigenvalue weighted by Crippen LogP contribution is -2.72. The monoisotopic (exact) mass is 1550 g/mol. The van der Waals surface area contributed by atoms with Crippen molar-refractivity contribution >= 4 is 29.6 Å². The summed E-state index contributed by atoms with van der Waals surface area (Å²) in [7, 11) is 0. The van der Waals surface area contributed by atoms with E-state index in [0.717, 1.165) is 27.7 Å². The zero-order chi connectivity index (χ0) is 78.6. The van der Waals surface area contributed by atoms with Crippen LogP contribution in [0.2, 0.25) is 0 Å². The minimum atomic E-state index is -3.26. The second kappa shape index (κ2) is 37.5. The second-order valence-corrected chi connectivity index (χ2v) is 26.7. The Balaban J connectivity index is 1.08. The molecule has 8 heterocycles. The number of hydrogen-bond donors (Lipinski definition) is 27. The summed E-state index contributed by atoms with van der Waals surface area (Å²) in [6, 6.07) is -7.36. The summed E-state index contributed by atoms with van der Waals surface area (Å²) in [4.78, 5) is 63.8. The average Bonchev–Trinajstić information content (AvgIpc) is 0.754. The number of carboxylic acid groups (broad SMARTS) is 1. The van der Waals surface area contributed by atoms with Gasteiger partial charge in [0.2, 0.25) is 23.6 Å². The maximum Gasteiger partial charge on any atom is 0.364 e. The van der Waals surface area contributed by atoms with E-state index in [-0.39, 0.29) is 0 Å². The highest BCUT2D eigenvalue weighted by Crippen LogP contribution is 2.42. The standard InChI is InChI=1S/C59H98N4O43/c1-14-31(77)38(84)39(85)54(92-14)102-47-30(63-18(5)74)53(104-49-34(80)21(8-65)94-55(40(49)86)99-43-24(11-68)93-51(89)28(36(43)82)61-16(3)72)98-26(13-70)45(47)101-56-41(87)48(33(79)22(9-66)95-56)103-52-29(62-17(4)73)37(83)44(25(12-69)97-52)100-57-42(88)50(35(81)23(10-67)96-57)106-59(58(90)91)6-19(75)27(60-15(2)71)46(105-59)32(78)20(76)7-64/h14,19-57,64-70,75-89H,6-13H2,1-5H3,(H,60,71)(H,61,72)(H,62,73)(H,63,74)(H,90,91)/t14-,19-,20+,21+,22+,23+,24+,25+,26+,27+,28+,29+,30+,31+,32+,33-,34-,35-,36+,37+,38+,39-,40+,41+,42+,43+,44+,45+,46+,47+,48-,49-,50-,51+,52-,53-,54-,55-,56-,57-,59-/m0/s1. The van der Waals surface area contributed by atoms with Crippen molar-refractivity contribution in [2.45, 2.75) is 292 Å². The van der Waals surface area contributed by atoms with Crippen molar-refractivity contribution < 1.29 is 212 Å². The summed E-state index contributed by atoms with van der Waals surface area (Å²) >= 11 is 0. The van der Waals surface area contributed by atoms with Gasteiger partial charge in [-0.1, -0.05) is 0 Å². The Morgan fingerprint density at radius 3 is 1.20 bits per heavy atom. The number of nitrogens with one attached hydrogen (secondary N) is 4. The van der Waals surface area contributed by atoms with Crippen molar-refractivity contribution in [2.24, 2.45) is 0 Å². The first-order valence-electron chi connectivity index (χ1n) is 33.6. The number of aliphatic hydroxyl groups excluding tert-OH is 22. The first-order chi connectivity index (χ1) is 49.9. The maximum atomic E-state index is 13.4. The van der Waals surface area contributed by atoms with E-state index in [1.807, 2.05) is 0 Å². The van der Waals surface area contributed by atoms with E-state index in [4.69, 9.17) is 71.1 Å². The average molecular weight is 1550 g/mol. The molecule has 0 radical (unpaired) electrons. The topological polar surface area (TPSA) is 737 Å². The quantitative estimate of drug-likeness (QED) is 0.0346. The molecule has 8 aliphatic rings. The number of ether oxygens (including phenoxy) is 15. The first-order valence-corrected chi connectivity index (χ1v) is 33.6. The van der Waals surface area contributed by atoms with Gasteiger partial charge in [0, 0.05) is 34.1 Å². The Labute approximate surface area is 600 Å². The SMILES string of the molecule is CC(=O)N[C@@H]1[C@@H](O)[C@H](O[C@@H]2O[C@H](CO)[C@H](O)[C@H](O[C@@H]3O[C@H](CO)[C@@H](O[C@@H]4O[C@H](CO)[C@H](O)[C@H](O[C@@H]5O[C@H](CO)[C@@H](O[C@@H]6O[C@H](CO)[C@H](O)[C@H](O[C@]7(C(=O)O)C[C@H](O)[C@@H](NC(C)=O)[C@H]([C@H](O)[C@H](O)CO)O7)[C@H]6O)[C@H](O)[C@H]5NC(C)=O)[C@H]4O)[C@H](O[C@@H]4O[C@@H](C)[C@@H](O)[C@@H](O)[C@@H]4O)[C@H]3NC(C)=O)[C@H]2O)[C@@H](CO)O[C@H]1O. The van der Waals surface area contributed by atoms with Crippen LogP contribution in [-0.4, -0.2) is 444 Å². The van der Waals surface area contributed by atoms with E-state index in [9.17, 15) is 141 Å². The van der Waals surface area contributed by atoms with Crippen LogP contribution in [0.25, 0.3) is 0 Å². The third kappa shape index (κ3) is 19.0. The number of aliphatic hydroxyl groups is 22. The fourth-order valence-electron chi connectivity index (χ4n) is 13.7. The number of aliphatic carboxylic acids is 1. The molecule has 8 rings (SSSR count). The van der Waals surface area contributed by atoms with E-state index < -0.39 is 333 Å². The molecule has 27 N–H and O–H groups in total. The highest BCUT2D eigenvalue weighted by atomic mass is 16.8. The summed E-state index contributed by atoms with van der Waals surface area (Å²) in [5.74, 6) is -9.00. The zero-order valence-corrected chi connectivity index (χ0v) is 57.2. The van der Waals surface area contributed by atoms with Crippen LogP contribution in [0.1, 0.15) is 41.0 Å². The summed E-state index contributed by atoms with van der Waals surface area (Å²) in [5, 5.41) is 264. The summed E-state index contributed by atoms with van der Waals surface area (Å²) in [6.07, 6.45) is -76.7. The number of hydrogen-bond acceptors (Lipinski definition) is 42. The van der Waals surface area contributed by atoms with Crippen molar-refractivity contribution in [1.82, 2.24) is 21.3 Å². The van der Waals surface area contributed by atoms with Gasteiger partial charge in [0.15, 0.2) is 44.0 Å². The number of rotatable bonds is 28. The van der Waals surface area contributed by atoms with Crippen LogP contribution in [0, 0.1) is 0 Å². The Morgan fingerprint density at radius 2 is 0.745 bits per heavy atom. The van der Waals surface area contributed by atoms with Crippen LogP contribution in [0.4, 0.5) is 0 Å². The number of carbonyl (C=O) groups excluding carboxylic acids is 4. The molecule has 0 unspecified atom stereocenters. The van der Waals surface area contributed by atoms with Gasteiger partial charge in [-0.2, -0.15) is 0 Å². The third-order valence-electron chi connectivity index (χ3n) is 19.2. The van der Waals surface area contributed by atoms with Gasteiger partial charge < -0.3 is 210 Å². The predicted octanol–water partition coefficient (Wildman–Crippen LogP) is -17.6. The molecule has 8 saturated heterocycles. The molecule has 8 aliphatic heterocycles. The Hall–Kier alpha value is -4.13. The summed E-state index contributed by atoms with van der Waals surface area (Å²) in [6.45, 7) is -3.01. The van der Waals surface area contributed by atoms with Crippen LogP contribution in [-0.2, 0) is 95.0 Å². The fourth-order valence-corrected chi connectivity index (χ4v) is 13.7. The molecule has 106 heavy (non-hydrogen) atoms. The molecule has 0 spiro atoms. The van der Waals surface area contributed by atoms with Crippen LogP contribution in [0.5, 0.6) is 0 Å². The molecule has 0 aromatic rings. The molecule has 47 nitrogen and oxygen atoms in total. The zero-order valence-electron chi connectivity index (χ0n) is 57.2. The highest BCUT2D eigenvalue weighted by Gasteiger charge is 2.63. The fraction of sp³-hybridized carbons (Fsp3) is 0.915. The van der Waals surface area contributed by atoms with Crippen LogP contribution in [0.15, 0.2) is 0 Å². The Morgan fingerprint density at radius 1 is 0.387 bits per heavy atom. The first kappa shape index (κ1) is 87.4. The Kier molecular flexibility index (Phi) is 30.9. The van der Waals surface area contributed by atoms with Gasteiger partial charge in [0.1, 0.15) is 183 Å². The van der Waals surface area contributed by atoms with Crippen molar-refractivity contribution in [3.63, 3.8) is 0 Å². The van der Waals surface area contributed by atoms with Crippen molar-refractivity contribution in [3.05, 3.63) is 0 Å². The van der Waals surface area contributed by atoms with E-state index in [2.05, 4.69) is 21.3 Å². The molecule has 0 bridgehead atoms. The molecule has 4 amide bonds. The number of carbonyl (C=O) groups is 5. The van der Waals surface area contributed by atoms with Crippen molar-refractivity contribution in [2.75, 3.05) is 46.2 Å². The molecule has 41 atom stereocenters. The van der Waals surface area contributed by atoms with Gasteiger partial charge in [-0.25, -0.2) is 4.79 Å². The smallest absolute Gasteiger partial charge is 0.364 e. The predicted molar refractivity (Wildman–Crippen MR) is 327 cm³/mol. The van der Waals surface area contributed by atoms with Crippen LogP contribution < -0.4 is 21.3 Å². The highest BCUT2D eigenvalue weighted by molar-refractivity contribution is 5.77. The van der Waals surface area contributed by atoms with Crippen LogP contribution in [0.3, 0.4) is 0 Å². The summed E-state index contributed by atoms with van der Waals surface area (Å²) in [5.41, 5.74) is 0. The summed E-state index contributed by atoms with van der Waals surface area (Å²) < 4.78 is 88.5. The molecule has 0 aromatic heterocycles. The minimum absolute atomic E-state index is 0.770. The van der Waals surface area contributed by atoms with Gasteiger partial charge in [0.25, 0.3) is 5.79 Å². The molecular formula is C59H98N4O43. The maximum absolute atomic E-state index is 13.4. The van der Waals surface area contributed by atoms with Gasteiger partial charge in [-0.15, -0.1) is 0 Å². The lowest BCUT2D eigenvalue weighted by Gasteiger charge is -2.52. The van der Waals surface area contributed by atoms with E-state index in [0.29, 0.717) is 0 Å². The van der Waals surface area contributed by atoms with Gasteiger partial charge in [-0.3, -0.25) is 19.2 Å². The van der Waals surface area contributed by atoms with Crippen molar-refractivity contribution in [1.29, 1.82) is 0 Å². The molecule has 47 heteroatoms. The third-order valence-corrected chi connectivity index (χ3v) is 19.2. The second-order valence-electron chi connectivity index (χ2n) is 26.7. The van der Waals surface area contributed by atoms with Gasteiger partial charge >= 0.3 is 5.97 Å². The lowest BCUT2D eigenvalue weighted by molar-refractivity contribution is -0.397. The normalized spacial score (nSPS) is 47.2. The number of amides is 4. The number of carboxylic acids is 1. The van der Waals surface area contributed by atoms with E-state index >= 15 is 0 Å². The van der Waals surface area contributed by atoms with E-state index in [1.165, 1.54) is 6.92 Å². The molecule has 0 aliphatic carbocycles. The molecule has 0 saturated carbocycles. The van der Waals surface area contributed by atoms with Crippen molar-refractivity contribution in [3.8, 4) is 0 Å². The Bertz CT molecular complexity index is 2860.